The Bertz CT molecular complexity index is 463. The first-order valence-electron chi connectivity index (χ1n) is 6.63. The van der Waals surface area contributed by atoms with Crippen LogP contribution in [0.2, 0.25) is 0 Å². The predicted molar refractivity (Wildman–Crippen MR) is 78.2 cm³/mol. The minimum Gasteiger partial charge on any atom is -0.393 e. The maximum atomic E-state index is 11.8. The average molecular weight is 275 g/mol. The van der Waals surface area contributed by atoms with Crippen LogP contribution in [0.15, 0.2) is 24.3 Å². The molecule has 0 spiro atoms. The average Bonchev–Trinajstić information content (AvgIpc) is 2.39. The van der Waals surface area contributed by atoms with Crippen LogP contribution < -0.4 is 5.32 Å². The van der Waals surface area contributed by atoms with Gasteiger partial charge in [-0.05, 0) is 38.1 Å². The van der Waals surface area contributed by atoms with E-state index in [0.29, 0.717) is 19.4 Å². The fourth-order valence-corrected chi connectivity index (χ4v) is 1.73. The highest BCUT2D eigenvalue weighted by Crippen LogP contribution is 2.09. The topological polar surface area (TPSA) is 76.4 Å². The molecule has 0 aliphatic heterocycles. The number of carbonyl (C=O) groups excluding carboxylic acids is 1. The molecule has 0 aliphatic carbocycles. The van der Waals surface area contributed by atoms with Gasteiger partial charge in [-0.2, -0.15) is 5.26 Å². The van der Waals surface area contributed by atoms with Crippen molar-refractivity contribution in [2.24, 2.45) is 0 Å². The molecule has 108 valence electrons. The van der Waals surface area contributed by atoms with Gasteiger partial charge in [-0.25, -0.2) is 0 Å². The molecule has 5 heteroatoms. The van der Waals surface area contributed by atoms with Gasteiger partial charge in [0.15, 0.2) is 0 Å². The molecule has 1 rings (SSSR count). The zero-order chi connectivity index (χ0) is 15.0. The third-order valence-electron chi connectivity index (χ3n) is 2.86. The lowest BCUT2D eigenvalue weighted by Gasteiger charge is -2.17. The van der Waals surface area contributed by atoms with Crippen LogP contribution in [0.1, 0.15) is 18.9 Å². The Morgan fingerprint density at radius 2 is 2.10 bits per heavy atom. The molecule has 0 saturated heterocycles. The van der Waals surface area contributed by atoms with E-state index >= 15 is 0 Å². The molecule has 1 aromatic carbocycles. The van der Waals surface area contributed by atoms with Gasteiger partial charge in [0.25, 0.3) is 0 Å². The van der Waals surface area contributed by atoms with Crippen LogP contribution in [0.3, 0.4) is 0 Å². The Balaban J connectivity index is 2.40. The molecule has 2 N–H and O–H groups in total. The van der Waals surface area contributed by atoms with Gasteiger partial charge in [0.2, 0.25) is 5.91 Å². The molecule has 20 heavy (non-hydrogen) atoms. The Labute approximate surface area is 119 Å². The second-order valence-corrected chi connectivity index (χ2v) is 4.96. The van der Waals surface area contributed by atoms with Crippen LogP contribution in [0.25, 0.3) is 0 Å². The molecule has 0 saturated carbocycles. The monoisotopic (exact) mass is 275 g/mol. The van der Waals surface area contributed by atoms with E-state index in [1.807, 2.05) is 24.1 Å². The van der Waals surface area contributed by atoms with E-state index in [1.54, 1.807) is 19.1 Å². The van der Waals surface area contributed by atoms with E-state index in [9.17, 15) is 9.90 Å². The summed E-state index contributed by atoms with van der Waals surface area (Å²) in [5.74, 6) is -0.0915. The van der Waals surface area contributed by atoms with Crippen molar-refractivity contribution in [3.8, 4) is 6.07 Å². The first-order valence-corrected chi connectivity index (χ1v) is 6.63. The third kappa shape index (κ3) is 6.32. The second-order valence-electron chi connectivity index (χ2n) is 4.96. The Morgan fingerprint density at radius 1 is 1.45 bits per heavy atom. The number of nitrogens with zero attached hydrogens (tertiary/aromatic N) is 2. The molecule has 0 bridgehead atoms. The highest BCUT2D eigenvalue weighted by molar-refractivity contribution is 5.92. The van der Waals surface area contributed by atoms with Gasteiger partial charge in [0.05, 0.1) is 25.1 Å². The molecule has 0 fully saturated rings. The molecule has 5 nitrogen and oxygen atoms in total. The number of hydrogen-bond acceptors (Lipinski definition) is 4. The van der Waals surface area contributed by atoms with Crippen molar-refractivity contribution in [1.82, 2.24) is 4.90 Å². The summed E-state index contributed by atoms with van der Waals surface area (Å²) >= 11 is 0. The Kier molecular flexibility index (Phi) is 6.71. The molecular weight excluding hydrogens is 254 g/mol. The lowest BCUT2D eigenvalue weighted by Crippen LogP contribution is -2.32. The number of benzene rings is 1. The van der Waals surface area contributed by atoms with E-state index in [4.69, 9.17) is 5.26 Å². The number of rotatable bonds is 7. The molecule has 1 amide bonds. The molecule has 1 atom stereocenters. The minimum atomic E-state index is -0.354. The first kappa shape index (κ1) is 16.2. The quantitative estimate of drug-likeness (QED) is 0.788. The number of nitriles is 1. The first-order chi connectivity index (χ1) is 9.51. The summed E-state index contributed by atoms with van der Waals surface area (Å²) in [6.45, 7) is 2.69. The van der Waals surface area contributed by atoms with Crippen molar-refractivity contribution in [2.45, 2.75) is 25.9 Å². The van der Waals surface area contributed by atoms with Crippen LogP contribution >= 0.6 is 0 Å². The molecule has 1 unspecified atom stereocenters. The summed E-state index contributed by atoms with van der Waals surface area (Å²) in [5, 5.41) is 20.6. The third-order valence-corrected chi connectivity index (χ3v) is 2.86. The summed E-state index contributed by atoms with van der Waals surface area (Å²) in [7, 11) is 1.85. The van der Waals surface area contributed by atoms with Gasteiger partial charge in [-0.15, -0.1) is 0 Å². The molecule has 0 radical (unpaired) electrons. The largest absolute Gasteiger partial charge is 0.393 e. The fraction of sp³-hybridized carbons (Fsp3) is 0.467. The summed E-state index contributed by atoms with van der Waals surface area (Å²) < 4.78 is 0. The van der Waals surface area contributed by atoms with Crippen LogP contribution in [0.4, 0.5) is 5.69 Å². The maximum Gasteiger partial charge on any atom is 0.238 e. The van der Waals surface area contributed by atoms with Gasteiger partial charge < -0.3 is 10.4 Å². The lowest BCUT2D eigenvalue weighted by molar-refractivity contribution is -0.117. The molecular formula is C15H21N3O2. The van der Waals surface area contributed by atoms with Crippen LogP contribution in [-0.2, 0) is 11.2 Å². The van der Waals surface area contributed by atoms with Crippen molar-refractivity contribution in [1.29, 1.82) is 5.26 Å². The zero-order valence-corrected chi connectivity index (χ0v) is 12.0. The summed E-state index contributed by atoms with van der Waals surface area (Å²) in [5.41, 5.74) is 1.65. The normalized spacial score (nSPS) is 11.9. The van der Waals surface area contributed by atoms with E-state index < -0.39 is 0 Å². The Hall–Kier alpha value is -1.90. The number of hydrogen-bond donors (Lipinski definition) is 2. The number of nitrogens with one attached hydrogen (secondary N) is 1. The molecule has 1 aromatic rings. The summed E-state index contributed by atoms with van der Waals surface area (Å²) in [6.07, 6.45) is 0.663. The van der Waals surface area contributed by atoms with Gasteiger partial charge in [-0.1, -0.05) is 12.1 Å². The van der Waals surface area contributed by atoms with Crippen molar-refractivity contribution in [3.63, 3.8) is 0 Å². The zero-order valence-electron chi connectivity index (χ0n) is 12.0. The van der Waals surface area contributed by atoms with Crippen molar-refractivity contribution in [3.05, 3.63) is 29.8 Å². The predicted octanol–water partition coefficient (Wildman–Crippen LogP) is 1.39. The lowest BCUT2D eigenvalue weighted by atomic mass is 10.1. The van der Waals surface area contributed by atoms with Gasteiger partial charge >= 0.3 is 0 Å². The number of likely N-dealkylation sites (N-methyl/N-ethyl adjacent to an activating group) is 1. The summed E-state index contributed by atoms with van der Waals surface area (Å²) in [4.78, 5) is 13.7. The second kappa shape index (κ2) is 8.31. The maximum absolute atomic E-state index is 11.8. The van der Waals surface area contributed by atoms with E-state index in [2.05, 4.69) is 11.4 Å². The minimum absolute atomic E-state index is 0.0915. The Morgan fingerprint density at radius 3 is 2.65 bits per heavy atom. The number of carbonyl (C=O) groups is 1. The number of anilines is 1. The molecule has 0 heterocycles. The number of aliphatic hydroxyl groups is 1. The number of aliphatic hydroxyl groups excluding tert-OH is 1. The molecule has 0 aliphatic rings. The van der Waals surface area contributed by atoms with E-state index in [-0.39, 0.29) is 18.6 Å². The standard InChI is InChI=1S/C15H21N3O2/c1-12(19)8-10-18(2)11-15(20)17-14-5-3-13(4-6-14)7-9-16/h3-6,12,19H,7-8,10-11H2,1-2H3,(H,17,20). The van der Waals surface area contributed by atoms with E-state index in [0.717, 1.165) is 11.3 Å². The SMILES string of the molecule is CC(O)CCN(C)CC(=O)Nc1ccc(CC#N)cc1. The van der Waals surface area contributed by atoms with Crippen molar-refractivity contribution in [2.75, 3.05) is 25.5 Å². The highest BCUT2D eigenvalue weighted by atomic mass is 16.3. The summed E-state index contributed by atoms with van der Waals surface area (Å²) in [6, 6.07) is 9.32. The van der Waals surface area contributed by atoms with Gasteiger partial charge in [0, 0.05) is 12.2 Å². The highest BCUT2D eigenvalue weighted by Gasteiger charge is 2.08. The smallest absolute Gasteiger partial charge is 0.238 e. The van der Waals surface area contributed by atoms with Gasteiger partial charge in [0.1, 0.15) is 0 Å². The van der Waals surface area contributed by atoms with Crippen molar-refractivity contribution >= 4 is 11.6 Å². The van der Waals surface area contributed by atoms with Crippen LogP contribution in [0.5, 0.6) is 0 Å². The van der Waals surface area contributed by atoms with Crippen LogP contribution in [0, 0.1) is 11.3 Å². The fourth-order valence-electron chi connectivity index (χ4n) is 1.73. The van der Waals surface area contributed by atoms with E-state index in [1.165, 1.54) is 0 Å². The van der Waals surface area contributed by atoms with Crippen molar-refractivity contribution < 1.29 is 9.90 Å². The molecule has 0 aromatic heterocycles. The number of amides is 1. The van der Waals surface area contributed by atoms with Crippen LogP contribution in [-0.4, -0.2) is 42.2 Å². The van der Waals surface area contributed by atoms with Gasteiger partial charge in [-0.3, -0.25) is 9.69 Å².